The van der Waals surface area contributed by atoms with Crippen LogP contribution in [0.1, 0.15) is 10.4 Å². The van der Waals surface area contributed by atoms with Crippen molar-refractivity contribution in [3.05, 3.63) is 83.4 Å². The Bertz CT molecular complexity index is 1090. The summed E-state index contributed by atoms with van der Waals surface area (Å²) in [6.07, 6.45) is 0. The Hall–Kier alpha value is -2.87. The van der Waals surface area contributed by atoms with Gasteiger partial charge in [0, 0.05) is 17.1 Å². The van der Waals surface area contributed by atoms with Crippen molar-refractivity contribution >= 4 is 44.6 Å². The van der Waals surface area contributed by atoms with Crippen LogP contribution >= 0.6 is 11.6 Å². The smallest absolute Gasteiger partial charge is 0.257 e. The van der Waals surface area contributed by atoms with Gasteiger partial charge in [-0.25, -0.2) is 13.1 Å². The first-order valence-corrected chi connectivity index (χ1v) is 10.2. The first-order valence-electron chi connectivity index (χ1n) is 8.35. The molecule has 1 amide bonds. The van der Waals surface area contributed by atoms with E-state index in [0.29, 0.717) is 5.69 Å². The summed E-state index contributed by atoms with van der Waals surface area (Å²) in [5, 5.41) is 6.13. The number of benzene rings is 3. The predicted octanol–water partition coefficient (Wildman–Crippen LogP) is 4.24. The van der Waals surface area contributed by atoms with Crippen molar-refractivity contribution in [1.29, 1.82) is 0 Å². The lowest BCUT2D eigenvalue weighted by Crippen LogP contribution is -2.20. The van der Waals surface area contributed by atoms with Crippen LogP contribution in [0.25, 0.3) is 0 Å². The highest BCUT2D eigenvalue weighted by Crippen LogP contribution is 2.23. The van der Waals surface area contributed by atoms with Gasteiger partial charge in [-0.15, -0.1) is 0 Å². The Labute approximate surface area is 168 Å². The molecule has 0 aliphatic rings. The van der Waals surface area contributed by atoms with Gasteiger partial charge in [0.25, 0.3) is 5.91 Å². The van der Waals surface area contributed by atoms with E-state index in [-0.39, 0.29) is 15.5 Å². The Balaban J connectivity index is 1.75. The van der Waals surface area contributed by atoms with Crippen LogP contribution in [0, 0.1) is 0 Å². The van der Waals surface area contributed by atoms with Crippen molar-refractivity contribution in [2.75, 3.05) is 17.7 Å². The fourth-order valence-electron chi connectivity index (χ4n) is 2.49. The lowest BCUT2D eigenvalue weighted by molar-refractivity contribution is 0.102. The average molecular weight is 416 g/mol. The first-order chi connectivity index (χ1) is 13.4. The number of para-hydroxylation sites is 1. The largest absolute Gasteiger partial charge is 0.356 e. The maximum absolute atomic E-state index is 12.6. The number of rotatable bonds is 6. The van der Waals surface area contributed by atoms with Crippen molar-refractivity contribution in [2.24, 2.45) is 0 Å². The number of hydrogen-bond acceptors (Lipinski definition) is 4. The molecule has 0 saturated heterocycles. The van der Waals surface area contributed by atoms with Gasteiger partial charge in [0.05, 0.1) is 15.5 Å². The molecule has 0 aliphatic heterocycles. The van der Waals surface area contributed by atoms with Gasteiger partial charge in [0.15, 0.2) is 0 Å². The zero-order valence-corrected chi connectivity index (χ0v) is 16.5. The fourth-order valence-corrected chi connectivity index (χ4v) is 3.45. The normalized spacial score (nSPS) is 11.1. The maximum Gasteiger partial charge on any atom is 0.257 e. The third-order valence-electron chi connectivity index (χ3n) is 3.97. The number of sulfonamides is 1. The molecule has 0 aliphatic carbocycles. The third kappa shape index (κ3) is 4.69. The van der Waals surface area contributed by atoms with E-state index >= 15 is 0 Å². The highest BCUT2D eigenvalue weighted by atomic mass is 35.5. The summed E-state index contributed by atoms with van der Waals surface area (Å²) in [6.45, 7) is 0. The molecular weight excluding hydrogens is 398 g/mol. The van der Waals surface area contributed by atoms with Gasteiger partial charge in [-0.3, -0.25) is 4.79 Å². The highest BCUT2D eigenvalue weighted by molar-refractivity contribution is 7.89. The van der Waals surface area contributed by atoms with E-state index in [1.807, 2.05) is 42.5 Å². The Morgan fingerprint density at radius 3 is 2.11 bits per heavy atom. The van der Waals surface area contributed by atoms with Gasteiger partial charge in [-0.1, -0.05) is 29.8 Å². The minimum absolute atomic E-state index is 0.0352. The molecule has 0 spiro atoms. The molecule has 144 valence electrons. The number of anilines is 3. The summed E-state index contributed by atoms with van der Waals surface area (Å²) in [4.78, 5) is 12.5. The Kier molecular flexibility index (Phi) is 5.99. The van der Waals surface area contributed by atoms with Crippen LogP contribution in [-0.4, -0.2) is 21.4 Å². The lowest BCUT2D eigenvalue weighted by Gasteiger charge is -2.10. The topological polar surface area (TPSA) is 87.3 Å². The lowest BCUT2D eigenvalue weighted by atomic mass is 10.2. The number of carbonyl (C=O) groups excluding carboxylic acids is 1. The van der Waals surface area contributed by atoms with Gasteiger partial charge >= 0.3 is 0 Å². The minimum atomic E-state index is -3.68. The van der Waals surface area contributed by atoms with E-state index in [1.54, 1.807) is 12.1 Å². The molecule has 3 rings (SSSR count). The summed E-state index contributed by atoms with van der Waals surface area (Å²) in [5.41, 5.74) is 2.45. The summed E-state index contributed by atoms with van der Waals surface area (Å²) >= 11 is 6.08. The number of halogens is 1. The second kappa shape index (κ2) is 8.43. The quantitative estimate of drug-likeness (QED) is 0.561. The standard InChI is InChI=1S/C20H18ClN3O3S/c1-22-28(26,27)17-11-12-19(21)18(13-17)20(25)24-16-9-7-15(8-10-16)23-14-5-3-2-4-6-14/h2-13,22-23H,1H3,(H,24,25). The van der Waals surface area contributed by atoms with Gasteiger partial charge in [-0.05, 0) is 61.6 Å². The van der Waals surface area contributed by atoms with Crippen LogP contribution < -0.4 is 15.4 Å². The molecule has 0 bridgehead atoms. The van der Waals surface area contributed by atoms with E-state index in [4.69, 9.17) is 11.6 Å². The number of carbonyl (C=O) groups is 1. The zero-order valence-electron chi connectivity index (χ0n) is 14.9. The van der Waals surface area contributed by atoms with Crippen molar-refractivity contribution in [3.8, 4) is 0 Å². The van der Waals surface area contributed by atoms with E-state index < -0.39 is 15.9 Å². The monoisotopic (exact) mass is 415 g/mol. The van der Waals surface area contributed by atoms with Crippen LogP contribution in [0.4, 0.5) is 17.1 Å². The molecule has 0 heterocycles. The Morgan fingerprint density at radius 2 is 1.46 bits per heavy atom. The van der Waals surface area contributed by atoms with Crippen molar-refractivity contribution in [1.82, 2.24) is 4.72 Å². The van der Waals surface area contributed by atoms with E-state index in [1.165, 1.54) is 25.2 Å². The van der Waals surface area contributed by atoms with Crippen LogP contribution in [0.15, 0.2) is 77.7 Å². The average Bonchev–Trinajstić information content (AvgIpc) is 2.70. The molecule has 0 radical (unpaired) electrons. The molecule has 3 aromatic carbocycles. The number of hydrogen-bond donors (Lipinski definition) is 3. The molecule has 0 atom stereocenters. The van der Waals surface area contributed by atoms with Crippen LogP contribution in [0.2, 0.25) is 5.02 Å². The molecule has 3 N–H and O–H groups in total. The molecule has 0 saturated carbocycles. The molecule has 3 aromatic rings. The van der Waals surface area contributed by atoms with Crippen molar-refractivity contribution in [3.63, 3.8) is 0 Å². The van der Waals surface area contributed by atoms with E-state index in [0.717, 1.165) is 11.4 Å². The summed E-state index contributed by atoms with van der Waals surface area (Å²) < 4.78 is 26.1. The second-order valence-electron chi connectivity index (χ2n) is 5.87. The van der Waals surface area contributed by atoms with Crippen LogP contribution in [0.5, 0.6) is 0 Å². The molecule has 28 heavy (non-hydrogen) atoms. The van der Waals surface area contributed by atoms with Gasteiger partial charge in [0.1, 0.15) is 0 Å². The molecule has 6 nitrogen and oxygen atoms in total. The molecule has 8 heteroatoms. The highest BCUT2D eigenvalue weighted by Gasteiger charge is 2.17. The minimum Gasteiger partial charge on any atom is -0.356 e. The third-order valence-corrected chi connectivity index (χ3v) is 5.71. The van der Waals surface area contributed by atoms with Gasteiger partial charge < -0.3 is 10.6 Å². The maximum atomic E-state index is 12.6. The molecule has 0 fully saturated rings. The molecule has 0 unspecified atom stereocenters. The first kappa shape index (κ1) is 19.9. The van der Waals surface area contributed by atoms with E-state index in [9.17, 15) is 13.2 Å². The molecular formula is C20H18ClN3O3S. The zero-order chi connectivity index (χ0) is 20.1. The Morgan fingerprint density at radius 1 is 0.857 bits per heavy atom. The summed E-state index contributed by atoms with van der Waals surface area (Å²) in [7, 11) is -2.38. The predicted molar refractivity (Wildman–Crippen MR) is 112 cm³/mol. The molecule has 0 aromatic heterocycles. The van der Waals surface area contributed by atoms with Crippen molar-refractivity contribution in [2.45, 2.75) is 4.90 Å². The van der Waals surface area contributed by atoms with Crippen LogP contribution in [0.3, 0.4) is 0 Å². The second-order valence-corrected chi connectivity index (χ2v) is 8.17. The SMILES string of the molecule is CNS(=O)(=O)c1ccc(Cl)c(C(=O)Nc2ccc(Nc3ccccc3)cc2)c1. The number of nitrogens with one attached hydrogen (secondary N) is 3. The van der Waals surface area contributed by atoms with Crippen LogP contribution in [-0.2, 0) is 10.0 Å². The van der Waals surface area contributed by atoms with E-state index in [2.05, 4.69) is 15.4 Å². The van der Waals surface area contributed by atoms with Gasteiger partial charge in [-0.2, -0.15) is 0 Å². The number of amides is 1. The fraction of sp³-hybridized carbons (Fsp3) is 0.0500. The van der Waals surface area contributed by atoms with Gasteiger partial charge in [0.2, 0.25) is 10.0 Å². The summed E-state index contributed by atoms with van der Waals surface area (Å²) in [6, 6.07) is 20.8. The summed E-state index contributed by atoms with van der Waals surface area (Å²) in [5.74, 6) is -0.498. The van der Waals surface area contributed by atoms with Crippen molar-refractivity contribution < 1.29 is 13.2 Å².